The molecule has 6 heterocycles. The first-order valence-corrected chi connectivity index (χ1v) is 16.9. The topological polar surface area (TPSA) is 101 Å². The highest BCUT2D eigenvalue weighted by Gasteiger charge is 2.50. The second kappa shape index (κ2) is 17.8. The van der Waals surface area contributed by atoms with Crippen molar-refractivity contribution in [2.45, 2.75) is 96.8 Å². The number of aromatic nitrogens is 6. The third-order valence-electron chi connectivity index (χ3n) is 7.27. The van der Waals surface area contributed by atoms with Crippen LogP contribution in [0.4, 0.5) is 0 Å². The molecule has 3 fully saturated rings. The van der Waals surface area contributed by atoms with E-state index >= 15 is 0 Å². The SMILES string of the molecule is C=CC.CC1(C)OB(/C=C/c2ccn(C3CCCCO3)n2)OC1(C)C.Ic1ccn(C2CCCCO2)n1.Ic1ccn[nH]1. The van der Waals surface area contributed by atoms with Crippen LogP contribution in [0.3, 0.4) is 0 Å². The van der Waals surface area contributed by atoms with Gasteiger partial charge in [-0.1, -0.05) is 12.1 Å². The maximum Gasteiger partial charge on any atom is 0.487 e. The van der Waals surface area contributed by atoms with Crippen LogP contribution in [0.1, 0.15) is 91.3 Å². The van der Waals surface area contributed by atoms with Crippen molar-refractivity contribution in [2.24, 2.45) is 0 Å². The molecule has 0 spiro atoms. The lowest BCUT2D eigenvalue weighted by Crippen LogP contribution is -2.41. The Balaban J connectivity index is 0.000000200. The fraction of sp³-hybridized carbons (Fsp3) is 0.567. The Labute approximate surface area is 283 Å². The van der Waals surface area contributed by atoms with Crippen molar-refractivity contribution in [2.75, 3.05) is 13.2 Å². The summed E-state index contributed by atoms with van der Waals surface area (Å²) in [5.41, 5.74) is 0.276. The number of nitrogens with one attached hydrogen (secondary N) is 1. The molecular formula is C30H45BI2N6O4. The number of hydrogen-bond donors (Lipinski definition) is 1. The van der Waals surface area contributed by atoms with Gasteiger partial charge in [-0.2, -0.15) is 15.3 Å². The molecule has 0 aliphatic carbocycles. The van der Waals surface area contributed by atoms with Crippen molar-refractivity contribution < 1.29 is 18.8 Å². The number of H-pyrrole nitrogens is 1. The molecule has 3 aliphatic rings. The van der Waals surface area contributed by atoms with Gasteiger partial charge in [0.15, 0.2) is 0 Å². The molecule has 0 saturated carbocycles. The molecule has 10 nitrogen and oxygen atoms in total. The molecular weight excluding hydrogens is 773 g/mol. The smallest absolute Gasteiger partial charge is 0.400 e. The molecule has 2 unspecified atom stereocenters. The lowest BCUT2D eigenvalue weighted by atomic mass is 9.90. The molecule has 3 aromatic rings. The summed E-state index contributed by atoms with van der Waals surface area (Å²) in [6.07, 6.45) is 16.5. The van der Waals surface area contributed by atoms with E-state index in [1.807, 2.05) is 58.9 Å². The van der Waals surface area contributed by atoms with Gasteiger partial charge in [-0.05, 0) is 143 Å². The molecule has 0 radical (unpaired) electrons. The lowest BCUT2D eigenvalue weighted by molar-refractivity contribution is -0.0397. The molecule has 2 atom stereocenters. The number of rotatable bonds is 4. The Morgan fingerprint density at radius 2 is 1.47 bits per heavy atom. The highest BCUT2D eigenvalue weighted by atomic mass is 127. The molecule has 3 aliphatic heterocycles. The number of nitrogens with zero attached hydrogens (tertiary/aromatic N) is 5. The number of aromatic amines is 1. The van der Waals surface area contributed by atoms with Crippen LogP contribution in [0.25, 0.3) is 6.08 Å². The van der Waals surface area contributed by atoms with Crippen molar-refractivity contribution in [3.05, 3.63) is 68.5 Å². The summed E-state index contributed by atoms with van der Waals surface area (Å²) in [6.45, 7) is 15.2. The average Bonchev–Trinajstić information content (AvgIpc) is 3.79. The third kappa shape index (κ3) is 11.7. The monoisotopic (exact) mass is 818 g/mol. The molecule has 1 N–H and O–H groups in total. The predicted octanol–water partition coefficient (Wildman–Crippen LogP) is 7.62. The normalized spacial score (nSPS) is 22.4. The third-order valence-corrected chi connectivity index (χ3v) is 8.44. The molecule has 0 aromatic carbocycles. The highest BCUT2D eigenvalue weighted by Crippen LogP contribution is 2.37. The van der Waals surface area contributed by atoms with Crippen LogP contribution in [0.2, 0.25) is 0 Å². The number of halogens is 2. The van der Waals surface area contributed by atoms with Gasteiger partial charge in [-0.25, -0.2) is 9.36 Å². The summed E-state index contributed by atoms with van der Waals surface area (Å²) in [6, 6.07) is 5.89. The fourth-order valence-corrected chi connectivity index (χ4v) is 5.04. The summed E-state index contributed by atoms with van der Waals surface area (Å²) in [4.78, 5) is 0. The van der Waals surface area contributed by atoms with Crippen molar-refractivity contribution >= 4 is 58.4 Å². The highest BCUT2D eigenvalue weighted by molar-refractivity contribution is 14.1. The van der Waals surface area contributed by atoms with Gasteiger partial charge >= 0.3 is 7.12 Å². The number of allylic oxidation sites excluding steroid dienone is 1. The molecule has 43 heavy (non-hydrogen) atoms. The minimum absolute atomic E-state index is 0.0766. The molecule has 236 valence electrons. The van der Waals surface area contributed by atoms with E-state index in [-0.39, 0.29) is 30.8 Å². The second-order valence-electron chi connectivity index (χ2n) is 11.3. The van der Waals surface area contributed by atoms with Gasteiger partial charge in [-0.15, -0.1) is 6.58 Å². The summed E-state index contributed by atoms with van der Waals surface area (Å²) in [7, 11) is -0.332. The van der Waals surface area contributed by atoms with E-state index in [9.17, 15) is 0 Å². The van der Waals surface area contributed by atoms with E-state index in [1.165, 1.54) is 19.3 Å². The van der Waals surface area contributed by atoms with Crippen molar-refractivity contribution in [1.82, 2.24) is 29.8 Å². The predicted molar refractivity (Wildman–Crippen MR) is 187 cm³/mol. The Morgan fingerprint density at radius 3 is 1.88 bits per heavy atom. The number of ether oxygens (including phenoxy) is 2. The van der Waals surface area contributed by atoms with Gasteiger partial charge in [0.25, 0.3) is 0 Å². The van der Waals surface area contributed by atoms with E-state index < -0.39 is 0 Å². The maximum absolute atomic E-state index is 5.94. The summed E-state index contributed by atoms with van der Waals surface area (Å²) < 4.78 is 29.1. The van der Waals surface area contributed by atoms with E-state index in [0.717, 1.165) is 45.6 Å². The zero-order valence-electron chi connectivity index (χ0n) is 25.9. The minimum Gasteiger partial charge on any atom is -0.400 e. The molecule has 0 bridgehead atoms. The quantitative estimate of drug-likeness (QED) is 0.164. The van der Waals surface area contributed by atoms with Crippen LogP contribution in [-0.4, -0.2) is 61.3 Å². The van der Waals surface area contributed by atoms with Crippen molar-refractivity contribution in [3.8, 4) is 0 Å². The molecule has 3 aromatic heterocycles. The molecule has 6 rings (SSSR count). The van der Waals surface area contributed by atoms with E-state index in [0.29, 0.717) is 0 Å². The largest absolute Gasteiger partial charge is 0.487 e. The van der Waals surface area contributed by atoms with Crippen molar-refractivity contribution in [1.29, 1.82) is 0 Å². The zero-order chi connectivity index (χ0) is 31.3. The van der Waals surface area contributed by atoms with E-state index in [4.69, 9.17) is 18.8 Å². The Kier molecular flexibility index (Phi) is 14.9. The van der Waals surface area contributed by atoms with Gasteiger partial charge in [0, 0.05) is 31.8 Å². The van der Waals surface area contributed by atoms with Gasteiger partial charge < -0.3 is 18.8 Å². The summed E-state index contributed by atoms with van der Waals surface area (Å²) in [5.74, 6) is 1.92. The van der Waals surface area contributed by atoms with Crippen LogP contribution in [0.5, 0.6) is 0 Å². The standard InChI is InChI=1S/C16H25BN2O3.C8H11IN2O.C3H3IN2.C3H6/c1-15(2)16(3,4)22-17(21-15)10-8-13-9-11-19(18-13)14-7-5-6-12-20-14;9-7-4-5-11(10-7)8-3-1-2-6-12-8;4-3-1-2-5-6-3;1-3-2/h8-11,14H,5-7,12H2,1-4H3;4-5,8H,1-3,6H2;1-2H,(H,5,6);3H,1H2,2H3/b10-8+;;;. The molecule has 3 saturated heterocycles. The molecule has 0 amide bonds. The van der Waals surface area contributed by atoms with Crippen LogP contribution in [0.15, 0.2) is 55.4 Å². The van der Waals surface area contributed by atoms with Gasteiger partial charge in [-0.3, -0.25) is 5.10 Å². The van der Waals surface area contributed by atoms with Crippen LogP contribution >= 0.6 is 45.2 Å². The van der Waals surface area contributed by atoms with Crippen molar-refractivity contribution in [3.63, 3.8) is 0 Å². The van der Waals surface area contributed by atoms with Gasteiger partial charge in [0.2, 0.25) is 0 Å². The van der Waals surface area contributed by atoms with Crippen LogP contribution in [0, 0.1) is 7.40 Å². The van der Waals surface area contributed by atoms with Crippen LogP contribution in [-0.2, 0) is 18.8 Å². The first-order chi connectivity index (χ1) is 20.5. The first kappa shape index (κ1) is 35.9. The van der Waals surface area contributed by atoms with Gasteiger partial charge in [0.05, 0.1) is 20.6 Å². The second-order valence-corrected chi connectivity index (χ2v) is 13.5. The zero-order valence-corrected chi connectivity index (χ0v) is 30.2. The summed E-state index contributed by atoms with van der Waals surface area (Å²) >= 11 is 4.37. The van der Waals surface area contributed by atoms with Crippen LogP contribution < -0.4 is 0 Å². The Morgan fingerprint density at radius 1 is 0.907 bits per heavy atom. The minimum atomic E-state index is -0.332. The fourth-order valence-electron chi connectivity index (χ4n) is 4.33. The van der Waals surface area contributed by atoms with E-state index in [2.05, 4.69) is 99.9 Å². The average molecular weight is 818 g/mol. The van der Waals surface area contributed by atoms with Gasteiger partial charge in [0.1, 0.15) is 16.2 Å². The lowest BCUT2D eigenvalue weighted by Gasteiger charge is -2.32. The molecule has 13 heteroatoms. The van der Waals surface area contributed by atoms with E-state index in [1.54, 1.807) is 12.3 Å². The summed E-state index contributed by atoms with van der Waals surface area (Å²) in [5, 5.41) is 15.3. The first-order valence-electron chi connectivity index (χ1n) is 14.8. The Bertz CT molecular complexity index is 1220. The number of hydrogen-bond acceptors (Lipinski definition) is 7. The maximum atomic E-state index is 5.94. The Hall–Kier alpha value is -1.53.